The molecule has 0 saturated carbocycles. The Bertz CT molecular complexity index is 853. The lowest BCUT2D eigenvalue weighted by Gasteiger charge is -2.18. The van der Waals surface area contributed by atoms with E-state index in [1.165, 1.54) is 45.6 Å². The lowest BCUT2D eigenvalue weighted by Crippen LogP contribution is -2.17. The van der Waals surface area contributed by atoms with E-state index in [1.807, 2.05) is 0 Å². The zero-order valence-corrected chi connectivity index (χ0v) is 16.6. The van der Waals surface area contributed by atoms with Gasteiger partial charge in [0.25, 0.3) is 0 Å². The van der Waals surface area contributed by atoms with Crippen molar-refractivity contribution >= 4 is 5.97 Å². The van der Waals surface area contributed by atoms with E-state index in [0.29, 0.717) is 22.4 Å². The number of ether oxygens (including phenoxy) is 6. The molecule has 0 aromatic heterocycles. The number of hydrogen-bond acceptors (Lipinski definition) is 7. The van der Waals surface area contributed by atoms with Crippen LogP contribution in [-0.4, -0.2) is 47.2 Å². The Hall–Kier alpha value is -2.98. The van der Waals surface area contributed by atoms with Crippen molar-refractivity contribution in [3.05, 3.63) is 42.0 Å². The van der Waals surface area contributed by atoms with E-state index < -0.39 is 18.1 Å². The van der Waals surface area contributed by atoms with Gasteiger partial charge < -0.3 is 28.4 Å². The summed E-state index contributed by atoms with van der Waals surface area (Å²) < 4.78 is 67.5. The standard InChI is InChI=1S/C20H21F3O7/c1-25-11-28-16-8-14(9-18(24)27-3)19(17(10-16)29-12-26-2)13-5-4-6-15(7-13)30-20(21,22)23/h4-8,10H,9,11-12H2,1-3H3. The molecule has 0 heterocycles. The second kappa shape index (κ2) is 10.7. The zero-order chi connectivity index (χ0) is 22.1. The van der Waals surface area contributed by atoms with Crippen LogP contribution in [0.3, 0.4) is 0 Å². The molecule has 0 unspecified atom stereocenters. The first-order valence-electron chi connectivity index (χ1n) is 8.60. The molecule has 0 aliphatic rings. The number of hydrogen-bond donors (Lipinski definition) is 0. The van der Waals surface area contributed by atoms with Crippen molar-refractivity contribution in [3.63, 3.8) is 0 Å². The van der Waals surface area contributed by atoms with Crippen molar-refractivity contribution in [3.8, 4) is 28.4 Å². The van der Waals surface area contributed by atoms with Crippen LogP contribution in [0.5, 0.6) is 17.2 Å². The number of carbonyl (C=O) groups excluding carboxylic acids is 1. The van der Waals surface area contributed by atoms with Crippen molar-refractivity contribution in [1.82, 2.24) is 0 Å². The quantitative estimate of drug-likeness (QED) is 0.418. The van der Waals surface area contributed by atoms with Crippen LogP contribution in [0.4, 0.5) is 13.2 Å². The summed E-state index contributed by atoms with van der Waals surface area (Å²) in [6, 6.07) is 8.40. The second-order valence-electron chi connectivity index (χ2n) is 5.89. The van der Waals surface area contributed by atoms with Crippen LogP contribution >= 0.6 is 0 Å². The first kappa shape index (κ1) is 23.3. The fourth-order valence-corrected chi connectivity index (χ4v) is 2.64. The monoisotopic (exact) mass is 430 g/mol. The summed E-state index contributed by atoms with van der Waals surface area (Å²) in [6.45, 7) is -0.202. The van der Waals surface area contributed by atoms with Gasteiger partial charge in [-0.25, -0.2) is 0 Å². The summed E-state index contributed by atoms with van der Waals surface area (Å²) in [5.74, 6) is -0.413. The third-order valence-corrected chi connectivity index (χ3v) is 3.75. The molecule has 0 radical (unpaired) electrons. The maximum atomic E-state index is 12.6. The molecule has 7 nitrogen and oxygen atoms in total. The predicted molar refractivity (Wildman–Crippen MR) is 99.3 cm³/mol. The van der Waals surface area contributed by atoms with E-state index in [2.05, 4.69) is 4.74 Å². The van der Waals surface area contributed by atoms with Gasteiger partial charge in [0.15, 0.2) is 13.6 Å². The molecule has 2 aromatic carbocycles. The predicted octanol–water partition coefficient (Wildman–Crippen LogP) is 3.93. The van der Waals surface area contributed by atoms with Crippen molar-refractivity contribution < 1.29 is 46.4 Å². The number of rotatable bonds is 10. The van der Waals surface area contributed by atoms with E-state index in [-0.39, 0.29) is 25.8 Å². The summed E-state index contributed by atoms with van der Waals surface area (Å²) in [4.78, 5) is 11.9. The van der Waals surface area contributed by atoms with Gasteiger partial charge in [-0.15, -0.1) is 13.2 Å². The van der Waals surface area contributed by atoms with E-state index in [4.69, 9.17) is 23.7 Å². The van der Waals surface area contributed by atoms with E-state index in [9.17, 15) is 18.0 Å². The van der Waals surface area contributed by atoms with Crippen molar-refractivity contribution in [2.45, 2.75) is 12.8 Å². The highest BCUT2D eigenvalue weighted by Crippen LogP contribution is 2.39. The lowest BCUT2D eigenvalue weighted by atomic mass is 9.96. The van der Waals surface area contributed by atoms with Gasteiger partial charge in [0.05, 0.1) is 13.5 Å². The van der Waals surface area contributed by atoms with Crippen LogP contribution in [0.15, 0.2) is 36.4 Å². The molecule has 164 valence electrons. The normalized spacial score (nSPS) is 11.1. The summed E-state index contributed by atoms with van der Waals surface area (Å²) >= 11 is 0. The summed E-state index contributed by atoms with van der Waals surface area (Å²) in [7, 11) is 4.09. The molecule has 0 N–H and O–H groups in total. The molecule has 0 aliphatic carbocycles. The van der Waals surface area contributed by atoms with Crippen LogP contribution in [0.1, 0.15) is 5.56 Å². The molecule has 0 saturated heterocycles. The van der Waals surface area contributed by atoms with Gasteiger partial charge >= 0.3 is 12.3 Å². The number of alkyl halides is 3. The van der Waals surface area contributed by atoms with E-state index in [0.717, 1.165) is 0 Å². The topological polar surface area (TPSA) is 72.5 Å². The Labute approximate surface area is 171 Å². The highest BCUT2D eigenvalue weighted by molar-refractivity contribution is 5.82. The molecular formula is C20H21F3O7. The van der Waals surface area contributed by atoms with Crippen LogP contribution in [0.25, 0.3) is 11.1 Å². The minimum absolute atomic E-state index is 0.0599. The largest absolute Gasteiger partial charge is 0.573 e. The highest BCUT2D eigenvalue weighted by atomic mass is 19.4. The highest BCUT2D eigenvalue weighted by Gasteiger charge is 2.31. The Morgan fingerprint density at radius 2 is 1.63 bits per heavy atom. The molecule has 0 atom stereocenters. The van der Waals surface area contributed by atoms with Crippen LogP contribution in [0, 0.1) is 0 Å². The van der Waals surface area contributed by atoms with Crippen molar-refractivity contribution in [2.75, 3.05) is 34.9 Å². The summed E-state index contributed by atoms with van der Waals surface area (Å²) in [5, 5.41) is 0. The Balaban J connectivity index is 2.60. The Morgan fingerprint density at radius 3 is 2.27 bits per heavy atom. The first-order chi connectivity index (χ1) is 14.3. The van der Waals surface area contributed by atoms with Gasteiger partial charge in [0, 0.05) is 25.8 Å². The smallest absolute Gasteiger partial charge is 0.469 e. The number of carbonyl (C=O) groups is 1. The minimum atomic E-state index is -4.85. The van der Waals surface area contributed by atoms with E-state index >= 15 is 0 Å². The van der Waals surface area contributed by atoms with Crippen molar-refractivity contribution in [1.29, 1.82) is 0 Å². The van der Waals surface area contributed by atoms with Crippen molar-refractivity contribution in [2.24, 2.45) is 0 Å². The first-order valence-corrected chi connectivity index (χ1v) is 8.60. The fourth-order valence-electron chi connectivity index (χ4n) is 2.64. The van der Waals surface area contributed by atoms with Gasteiger partial charge in [-0.1, -0.05) is 12.1 Å². The maximum Gasteiger partial charge on any atom is 0.573 e. The molecular weight excluding hydrogens is 409 g/mol. The lowest BCUT2D eigenvalue weighted by molar-refractivity contribution is -0.274. The SMILES string of the molecule is COCOc1cc(CC(=O)OC)c(-c2cccc(OC(F)(F)F)c2)c(OCOC)c1. The number of methoxy groups -OCH3 is 3. The van der Waals surface area contributed by atoms with Crippen LogP contribution in [-0.2, 0) is 25.4 Å². The number of esters is 1. The molecule has 0 amide bonds. The molecule has 0 bridgehead atoms. The van der Waals surface area contributed by atoms with Gasteiger partial charge in [0.1, 0.15) is 17.2 Å². The molecule has 0 aliphatic heterocycles. The Morgan fingerprint density at radius 1 is 0.933 bits per heavy atom. The minimum Gasteiger partial charge on any atom is -0.469 e. The summed E-state index contributed by atoms with van der Waals surface area (Å²) in [6.07, 6.45) is -5.02. The average molecular weight is 430 g/mol. The molecule has 10 heteroatoms. The fraction of sp³-hybridized carbons (Fsp3) is 0.350. The van der Waals surface area contributed by atoms with Gasteiger partial charge in [-0.2, -0.15) is 0 Å². The second-order valence-corrected chi connectivity index (χ2v) is 5.89. The third kappa shape index (κ3) is 6.82. The van der Waals surface area contributed by atoms with Gasteiger partial charge in [-0.05, 0) is 29.3 Å². The number of benzene rings is 2. The molecule has 2 rings (SSSR count). The van der Waals surface area contributed by atoms with E-state index in [1.54, 1.807) is 12.1 Å². The van der Waals surface area contributed by atoms with Gasteiger partial charge in [-0.3, -0.25) is 4.79 Å². The molecule has 2 aromatic rings. The van der Waals surface area contributed by atoms with Gasteiger partial charge in [0.2, 0.25) is 0 Å². The molecule has 0 spiro atoms. The average Bonchev–Trinajstić information content (AvgIpc) is 2.69. The molecule has 30 heavy (non-hydrogen) atoms. The van der Waals surface area contributed by atoms with Crippen LogP contribution in [0.2, 0.25) is 0 Å². The zero-order valence-electron chi connectivity index (χ0n) is 16.6. The Kier molecular flexibility index (Phi) is 8.31. The molecule has 0 fully saturated rings. The number of halogens is 3. The summed E-state index contributed by atoms with van der Waals surface area (Å²) in [5.41, 5.74) is 1.11. The van der Waals surface area contributed by atoms with Crippen LogP contribution < -0.4 is 14.2 Å². The maximum absolute atomic E-state index is 12.6. The third-order valence-electron chi connectivity index (χ3n) is 3.75.